The van der Waals surface area contributed by atoms with Gasteiger partial charge in [0.25, 0.3) is 0 Å². The second kappa shape index (κ2) is 10.7. The molecule has 5 nitrogen and oxygen atoms in total. The van der Waals surface area contributed by atoms with Gasteiger partial charge in [-0.15, -0.1) is 0 Å². The zero-order valence-corrected chi connectivity index (χ0v) is 20.3. The van der Waals surface area contributed by atoms with Crippen molar-refractivity contribution in [1.29, 1.82) is 0 Å². The fourth-order valence-corrected chi connectivity index (χ4v) is 4.60. The minimum Gasteiger partial charge on any atom is -0.492 e. The average Bonchev–Trinajstić information content (AvgIpc) is 2.83. The zero-order valence-electron chi connectivity index (χ0n) is 18.0. The summed E-state index contributed by atoms with van der Waals surface area (Å²) in [6.45, 7) is 0.236. The van der Waals surface area contributed by atoms with E-state index < -0.39 is 11.9 Å². The molecule has 176 valence electrons. The summed E-state index contributed by atoms with van der Waals surface area (Å²) in [5, 5.41) is 10.5. The van der Waals surface area contributed by atoms with Crippen molar-refractivity contribution >= 4 is 46.6 Å². The topological polar surface area (TPSA) is 72.8 Å². The van der Waals surface area contributed by atoms with Crippen LogP contribution < -0.4 is 9.47 Å². The Hall–Kier alpha value is -2.73. The SMILES string of the molecule is O=C(CCCc1ccc(Cl)cc1)c1ccc(Oc2c(Cl)cc3c(c2Cl)OCCC3C(=O)O)cc1. The van der Waals surface area contributed by atoms with Crippen molar-refractivity contribution in [2.75, 3.05) is 6.61 Å². The van der Waals surface area contributed by atoms with Gasteiger partial charge in [-0.2, -0.15) is 0 Å². The number of ketones is 1. The maximum absolute atomic E-state index is 12.5. The lowest BCUT2D eigenvalue weighted by Crippen LogP contribution is -2.21. The van der Waals surface area contributed by atoms with Crippen LogP contribution in [0.5, 0.6) is 17.2 Å². The van der Waals surface area contributed by atoms with Crippen molar-refractivity contribution in [2.24, 2.45) is 0 Å². The van der Waals surface area contributed by atoms with Crippen molar-refractivity contribution in [3.8, 4) is 17.2 Å². The van der Waals surface area contributed by atoms with Crippen molar-refractivity contribution in [1.82, 2.24) is 0 Å². The average molecular weight is 520 g/mol. The number of carbonyl (C=O) groups excluding carboxylic acids is 1. The van der Waals surface area contributed by atoms with Crippen LogP contribution in [-0.2, 0) is 11.2 Å². The van der Waals surface area contributed by atoms with Crippen LogP contribution >= 0.6 is 34.8 Å². The Morgan fingerprint density at radius 2 is 1.74 bits per heavy atom. The largest absolute Gasteiger partial charge is 0.492 e. The van der Waals surface area contributed by atoms with E-state index in [9.17, 15) is 14.7 Å². The maximum atomic E-state index is 12.5. The van der Waals surface area contributed by atoms with E-state index >= 15 is 0 Å². The number of carboxylic acids is 1. The first kappa shape index (κ1) is 24.4. The number of Topliss-reactive ketones (excluding diaryl/α,β-unsaturated/α-hetero) is 1. The molecule has 3 aromatic carbocycles. The number of fused-ring (bicyclic) bond motifs is 1. The van der Waals surface area contributed by atoms with Gasteiger partial charge in [0.2, 0.25) is 0 Å². The molecule has 0 fully saturated rings. The molecule has 0 aliphatic carbocycles. The predicted octanol–water partition coefficient (Wildman–Crippen LogP) is 7.60. The standard InChI is InChI=1S/C26H21Cl3O5/c27-17-8-4-15(5-9-17)2-1-3-22(30)16-6-10-18(11-7-16)34-25-21(28)14-20-19(26(31)32)12-13-33-24(20)23(25)29/h4-11,14,19H,1-3,12-13H2,(H,31,32). The summed E-state index contributed by atoms with van der Waals surface area (Å²) < 4.78 is 11.5. The second-order valence-corrected chi connectivity index (χ2v) is 9.20. The lowest BCUT2D eigenvalue weighted by molar-refractivity contribution is -0.139. The summed E-state index contributed by atoms with van der Waals surface area (Å²) in [4.78, 5) is 24.1. The van der Waals surface area contributed by atoms with Crippen LogP contribution in [0.4, 0.5) is 0 Å². The van der Waals surface area contributed by atoms with E-state index in [1.165, 1.54) is 6.07 Å². The van der Waals surface area contributed by atoms with Crippen LogP contribution in [0.25, 0.3) is 0 Å². The lowest BCUT2D eigenvalue weighted by atomic mass is 9.93. The van der Waals surface area contributed by atoms with E-state index in [4.69, 9.17) is 44.3 Å². The molecule has 3 aromatic rings. The van der Waals surface area contributed by atoms with Gasteiger partial charge >= 0.3 is 5.97 Å². The Labute approximate surface area is 212 Å². The molecule has 0 radical (unpaired) electrons. The Balaban J connectivity index is 1.42. The number of rotatable bonds is 8. The van der Waals surface area contributed by atoms with Gasteiger partial charge in [-0.1, -0.05) is 46.9 Å². The van der Waals surface area contributed by atoms with Crippen LogP contribution in [0.15, 0.2) is 54.6 Å². The smallest absolute Gasteiger partial charge is 0.311 e. The molecule has 0 saturated carbocycles. The molecule has 1 atom stereocenters. The molecule has 34 heavy (non-hydrogen) atoms. The molecule has 1 heterocycles. The molecule has 0 amide bonds. The third-order valence-corrected chi connectivity index (χ3v) is 6.54. The number of benzene rings is 3. The fraction of sp³-hybridized carbons (Fsp3) is 0.231. The van der Waals surface area contributed by atoms with Gasteiger partial charge in [-0.3, -0.25) is 9.59 Å². The number of aliphatic carboxylic acids is 1. The summed E-state index contributed by atoms with van der Waals surface area (Å²) in [7, 11) is 0. The van der Waals surface area contributed by atoms with Crippen LogP contribution in [0, 0.1) is 0 Å². The Kier molecular flexibility index (Phi) is 7.67. The Bertz CT molecular complexity index is 1210. The minimum atomic E-state index is -0.959. The molecule has 0 saturated heterocycles. The Morgan fingerprint density at radius 3 is 2.41 bits per heavy atom. The van der Waals surface area contributed by atoms with Gasteiger partial charge in [0.1, 0.15) is 16.5 Å². The van der Waals surface area contributed by atoms with E-state index in [-0.39, 0.29) is 33.9 Å². The van der Waals surface area contributed by atoms with E-state index in [0.717, 1.165) is 18.4 Å². The molecule has 1 N–H and O–H groups in total. The van der Waals surface area contributed by atoms with Crippen molar-refractivity contribution in [3.63, 3.8) is 0 Å². The summed E-state index contributed by atoms with van der Waals surface area (Å²) in [5.74, 6) is -0.774. The Morgan fingerprint density at radius 1 is 1.03 bits per heavy atom. The number of halogens is 3. The van der Waals surface area contributed by atoms with Gasteiger partial charge in [-0.05, 0) is 67.3 Å². The third kappa shape index (κ3) is 5.49. The summed E-state index contributed by atoms with van der Waals surface area (Å²) in [6, 6.07) is 15.8. The molecule has 1 unspecified atom stereocenters. The van der Waals surface area contributed by atoms with Gasteiger partial charge in [-0.25, -0.2) is 0 Å². The summed E-state index contributed by atoms with van der Waals surface area (Å²) in [5.41, 5.74) is 2.15. The quantitative estimate of drug-likeness (QED) is 0.310. The lowest BCUT2D eigenvalue weighted by Gasteiger charge is -2.25. The molecule has 0 aromatic heterocycles. The van der Waals surface area contributed by atoms with E-state index in [2.05, 4.69) is 0 Å². The van der Waals surface area contributed by atoms with E-state index in [1.54, 1.807) is 24.3 Å². The molecule has 8 heteroatoms. The van der Waals surface area contributed by atoms with Gasteiger partial charge in [0.05, 0.1) is 17.5 Å². The molecule has 1 aliphatic heterocycles. The molecule has 4 rings (SSSR count). The second-order valence-electron chi connectivity index (χ2n) is 7.98. The van der Waals surface area contributed by atoms with Crippen LogP contribution in [0.2, 0.25) is 15.1 Å². The first-order chi connectivity index (χ1) is 16.3. The number of ether oxygens (including phenoxy) is 2. The first-order valence-corrected chi connectivity index (χ1v) is 11.9. The number of carboxylic acid groups (broad SMARTS) is 1. The molecule has 0 bridgehead atoms. The molecular formula is C26H21Cl3O5. The predicted molar refractivity (Wildman–Crippen MR) is 132 cm³/mol. The fourth-order valence-electron chi connectivity index (χ4n) is 3.87. The van der Waals surface area contributed by atoms with Crippen LogP contribution in [-0.4, -0.2) is 23.5 Å². The van der Waals surface area contributed by atoms with Crippen molar-refractivity contribution < 1.29 is 24.2 Å². The number of aryl methyl sites for hydroxylation is 1. The molecule has 0 spiro atoms. The highest BCUT2D eigenvalue weighted by atomic mass is 35.5. The van der Waals surface area contributed by atoms with Gasteiger partial charge in [0, 0.05) is 22.6 Å². The zero-order chi connectivity index (χ0) is 24.2. The highest BCUT2D eigenvalue weighted by molar-refractivity contribution is 6.38. The normalized spacial score (nSPS) is 14.7. The number of hydrogen-bond acceptors (Lipinski definition) is 4. The highest BCUT2D eigenvalue weighted by Crippen LogP contribution is 2.48. The summed E-state index contributed by atoms with van der Waals surface area (Å²) >= 11 is 18.7. The first-order valence-electron chi connectivity index (χ1n) is 10.8. The summed E-state index contributed by atoms with van der Waals surface area (Å²) in [6.07, 6.45) is 2.29. The van der Waals surface area contributed by atoms with Crippen LogP contribution in [0.3, 0.4) is 0 Å². The number of hydrogen-bond donors (Lipinski definition) is 1. The van der Waals surface area contributed by atoms with Crippen LogP contribution in [0.1, 0.15) is 46.7 Å². The maximum Gasteiger partial charge on any atom is 0.311 e. The van der Waals surface area contributed by atoms with Gasteiger partial charge < -0.3 is 14.6 Å². The van der Waals surface area contributed by atoms with E-state index in [1.807, 2.05) is 24.3 Å². The molecular weight excluding hydrogens is 499 g/mol. The minimum absolute atomic E-state index is 0.0403. The van der Waals surface area contributed by atoms with E-state index in [0.29, 0.717) is 34.7 Å². The monoisotopic (exact) mass is 518 g/mol. The van der Waals surface area contributed by atoms with Crippen molar-refractivity contribution in [2.45, 2.75) is 31.6 Å². The molecule has 1 aliphatic rings. The third-order valence-electron chi connectivity index (χ3n) is 5.67. The van der Waals surface area contributed by atoms with Gasteiger partial charge in [0.15, 0.2) is 11.5 Å². The highest BCUT2D eigenvalue weighted by Gasteiger charge is 2.32. The number of carbonyl (C=O) groups is 2. The van der Waals surface area contributed by atoms with Crippen molar-refractivity contribution in [3.05, 3.63) is 86.4 Å².